The first-order valence-corrected chi connectivity index (χ1v) is 15.9. The van der Waals surface area contributed by atoms with Gasteiger partial charge in [0, 0.05) is 23.7 Å². The van der Waals surface area contributed by atoms with Crippen molar-refractivity contribution in [2.75, 3.05) is 6.61 Å². The van der Waals surface area contributed by atoms with Crippen LogP contribution in [0.25, 0.3) is 22.0 Å². The van der Waals surface area contributed by atoms with Crippen LogP contribution in [0.1, 0.15) is 76.7 Å². The standard InChI is InChI=1S/C31H38F3NO5S/c1-2-3-4-5-6-7-8-9-17-40-28-20-22(19-25(28)30(36)37)41(38,39)29-14-13-21(18-26(29)31(32,33)34)23-11-10-12-27-24(23)15-16-35-27/h10-16,18,22,25,28,35H,2-9,17,19-20H2,1H3,(H,36,37)/t22-,25-,28-/m1/s1. The zero-order valence-corrected chi connectivity index (χ0v) is 24.1. The number of aromatic nitrogens is 1. The predicted molar refractivity (Wildman–Crippen MR) is 152 cm³/mol. The molecule has 1 heterocycles. The molecule has 0 aliphatic heterocycles. The van der Waals surface area contributed by atoms with Crippen molar-refractivity contribution in [2.45, 2.75) is 93.6 Å². The molecular weight excluding hydrogens is 555 g/mol. The Hall–Kier alpha value is -2.85. The Morgan fingerprint density at radius 2 is 1.71 bits per heavy atom. The monoisotopic (exact) mass is 593 g/mol. The van der Waals surface area contributed by atoms with Gasteiger partial charge in [-0.1, -0.05) is 70.1 Å². The van der Waals surface area contributed by atoms with Gasteiger partial charge in [-0.05, 0) is 54.7 Å². The number of ether oxygens (including phenoxy) is 1. The van der Waals surface area contributed by atoms with Crippen molar-refractivity contribution in [3.05, 3.63) is 54.2 Å². The largest absolute Gasteiger partial charge is 0.481 e. The summed E-state index contributed by atoms with van der Waals surface area (Å²) in [5.74, 6) is -2.29. The van der Waals surface area contributed by atoms with Crippen LogP contribution in [-0.2, 0) is 25.5 Å². The molecule has 10 heteroatoms. The number of alkyl halides is 3. The van der Waals surface area contributed by atoms with E-state index >= 15 is 0 Å². The highest BCUT2D eigenvalue weighted by Gasteiger charge is 2.48. The highest BCUT2D eigenvalue weighted by Crippen LogP contribution is 2.42. The molecule has 0 saturated heterocycles. The highest BCUT2D eigenvalue weighted by molar-refractivity contribution is 7.92. The van der Waals surface area contributed by atoms with Crippen molar-refractivity contribution < 1.29 is 36.2 Å². The molecule has 1 aromatic heterocycles. The van der Waals surface area contributed by atoms with E-state index in [1.165, 1.54) is 31.7 Å². The quantitative estimate of drug-likeness (QED) is 0.185. The van der Waals surface area contributed by atoms with E-state index in [1.807, 2.05) is 0 Å². The van der Waals surface area contributed by atoms with Crippen LogP contribution in [0.5, 0.6) is 0 Å². The fourth-order valence-corrected chi connectivity index (χ4v) is 7.81. The number of H-pyrrole nitrogens is 1. The molecule has 2 N–H and O–H groups in total. The molecule has 1 fully saturated rings. The third kappa shape index (κ3) is 7.33. The van der Waals surface area contributed by atoms with Gasteiger partial charge in [-0.3, -0.25) is 4.79 Å². The van der Waals surface area contributed by atoms with E-state index in [-0.39, 0.29) is 18.4 Å². The maximum atomic E-state index is 14.3. The zero-order chi connectivity index (χ0) is 29.6. The topological polar surface area (TPSA) is 96.5 Å². The molecule has 3 atom stereocenters. The number of carboxylic acids is 1. The normalized spacial score (nSPS) is 19.7. The number of benzene rings is 2. The summed E-state index contributed by atoms with van der Waals surface area (Å²) in [6.45, 7) is 2.46. The molecule has 224 valence electrons. The van der Waals surface area contributed by atoms with Crippen molar-refractivity contribution >= 4 is 26.7 Å². The van der Waals surface area contributed by atoms with Crippen LogP contribution in [-0.4, -0.2) is 42.4 Å². The van der Waals surface area contributed by atoms with Crippen LogP contribution in [0.4, 0.5) is 13.2 Å². The fourth-order valence-electron chi connectivity index (χ4n) is 5.81. The molecular formula is C31H38F3NO5S. The SMILES string of the molecule is CCCCCCCCCCO[C@@H]1C[C@H](S(=O)(=O)c2ccc(-c3cccc4[nH]ccc34)cc2C(F)(F)F)C[C@H]1C(=O)O. The maximum Gasteiger partial charge on any atom is 0.417 e. The smallest absolute Gasteiger partial charge is 0.417 e. The molecule has 1 aliphatic rings. The van der Waals surface area contributed by atoms with Crippen LogP contribution in [0.15, 0.2) is 53.6 Å². The molecule has 0 spiro atoms. The van der Waals surface area contributed by atoms with Gasteiger partial charge in [-0.15, -0.1) is 0 Å². The van der Waals surface area contributed by atoms with Gasteiger partial charge < -0.3 is 14.8 Å². The lowest BCUT2D eigenvalue weighted by Gasteiger charge is -2.19. The average molecular weight is 594 g/mol. The molecule has 6 nitrogen and oxygen atoms in total. The number of carboxylic acid groups (broad SMARTS) is 1. The third-order valence-electron chi connectivity index (χ3n) is 8.04. The number of unbranched alkanes of at least 4 members (excludes halogenated alkanes) is 7. The van der Waals surface area contributed by atoms with Gasteiger partial charge in [0.1, 0.15) is 0 Å². The summed E-state index contributed by atoms with van der Waals surface area (Å²) in [4.78, 5) is 14.1. The minimum Gasteiger partial charge on any atom is -0.481 e. The van der Waals surface area contributed by atoms with Crippen molar-refractivity contribution in [3.8, 4) is 11.1 Å². The second-order valence-electron chi connectivity index (χ2n) is 10.9. The summed E-state index contributed by atoms with van der Waals surface area (Å²) in [6.07, 6.45) is 4.08. The predicted octanol–water partition coefficient (Wildman–Crippen LogP) is 8.02. The number of halogens is 3. The van der Waals surface area contributed by atoms with Crippen molar-refractivity contribution in [1.82, 2.24) is 4.98 Å². The lowest BCUT2D eigenvalue weighted by molar-refractivity contribution is -0.146. The summed E-state index contributed by atoms with van der Waals surface area (Å²) in [7, 11) is -4.50. The molecule has 0 radical (unpaired) electrons. The van der Waals surface area contributed by atoms with Gasteiger partial charge >= 0.3 is 12.1 Å². The first kappa shape index (κ1) is 31.1. The van der Waals surface area contributed by atoms with E-state index in [4.69, 9.17) is 4.74 Å². The first-order valence-electron chi connectivity index (χ1n) is 14.4. The second kappa shape index (κ2) is 13.4. The number of nitrogens with one attached hydrogen (secondary N) is 1. The number of fused-ring (bicyclic) bond motifs is 1. The van der Waals surface area contributed by atoms with E-state index in [2.05, 4.69) is 11.9 Å². The molecule has 3 aromatic rings. The van der Waals surface area contributed by atoms with Gasteiger partial charge in [-0.25, -0.2) is 8.42 Å². The van der Waals surface area contributed by atoms with E-state index in [0.29, 0.717) is 17.6 Å². The number of aromatic amines is 1. The van der Waals surface area contributed by atoms with E-state index in [9.17, 15) is 31.5 Å². The third-order valence-corrected chi connectivity index (χ3v) is 10.3. The first-order chi connectivity index (χ1) is 19.5. The average Bonchev–Trinajstić information content (AvgIpc) is 3.59. The molecule has 2 aromatic carbocycles. The van der Waals surface area contributed by atoms with Crippen LogP contribution < -0.4 is 0 Å². The number of carbonyl (C=O) groups is 1. The Kier molecular flexibility index (Phi) is 10.2. The van der Waals surface area contributed by atoms with Crippen LogP contribution in [0.3, 0.4) is 0 Å². The molecule has 1 saturated carbocycles. The number of rotatable bonds is 14. The van der Waals surface area contributed by atoms with Crippen LogP contribution in [0, 0.1) is 5.92 Å². The van der Waals surface area contributed by atoms with E-state index in [1.54, 1.807) is 30.5 Å². The zero-order valence-electron chi connectivity index (χ0n) is 23.3. The summed E-state index contributed by atoms with van der Waals surface area (Å²) in [5.41, 5.74) is 0.275. The molecule has 41 heavy (non-hydrogen) atoms. The summed E-state index contributed by atoms with van der Waals surface area (Å²) < 4.78 is 75.8. The Morgan fingerprint density at radius 3 is 2.39 bits per heavy atom. The van der Waals surface area contributed by atoms with Crippen molar-refractivity contribution in [3.63, 3.8) is 0 Å². The number of aliphatic carboxylic acids is 1. The molecule has 0 amide bonds. The Bertz CT molecular complexity index is 1430. The molecule has 0 bridgehead atoms. The number of hydrogen-bond donors (Lipinski definition) is 2. The lowest BCUT2D eigenvalue weighted by atomic mass is 9.99. The Labute approximate surface area is 239 Å². The number of hydrogen-bond acceptors (Lipinski definition) is 4. The van der Waals surface area contributed by atoms with Crippen molar-refractivity contribution in [1.29, 1.82) is 0 Å². The summed E-state index contributed by atoms with van der Waals surface area (Å²) in [6, 6.07) is 10.2. The Balaban J connectivity index is 1.49. The van der Waals surface area contributed by atoms with Gasteiger partial charge in [0.05, 0.1) is 27.7 Å². The summed E-state index contributed by atoms with van der Waals surface area (Å²) >= 11 is 0. The molecule has 1 aliphatic carbocycles. The number of sulfone groups is 1. The minimum absolute atomic E-state index is 0.155. The van der Waals surface area contributed by atoms with Crippen LogP contribution >= 0.6 is 0 Å². The Morgan fingerprint density at radius 1 is 1.00 bits per heavy atom. The highest BCUT2D eigenvalue weighted by atomic mass is 32.2. The maximum absolute atomic E-state index is 14.3. The second-order valence-corrected chi connectivity index (χ2v) is 13.1. The lowest BCUT2D eigenvalue weighted by Crippen LogP contribution is -2.25. The van der Waals surface area contributed by atoms with Gasteiger partial charge in [0.25, 0.3) is 0 Å². The summed E-state index contributed by atoms with van der Waals surface area (Å²) in [5, 5.41) is 9.17. The van der Waals surface area contributed by atoms with Gasteiger partial charge in [0.15, 0.2) is 9.84 Å². The molecule has 0 unspecified atom stereocenters. The molecule has 4 rings (SSSR count). The van der Waals surface area contributed by atoms with Crippen molar-refractivity contribution in [2.24, 2.45) is 5.92 Å². The van der Waals surface area contributed by atoms with E-state index < -0.39 is 49.7 Å². The fraction of sp³-hybridized carbons (Fsp3) is 0.516. The minimum atomic E-state index is -4.93. The van der Waals surface area contributed by atoms with Crippen LogP contribution in [0.2, 0.25) is 0 Å². The van der Waals surface area contributed by atoms with Gasteiger partial charge in [-0.2, -0.15) is 13.2 Å². The van der Waals surface area contributed by atoms with Gasteiger partial charge in [0.2, 0.25) is 0 Å². The van der Waals surface area contributed by atoms with E-state index in [0.717, 1.165) is 43.3 Å².